The molecule has 3 aromatic carbocycles. The average molecular weight is 377 g/mol. The summed E-state index contributed by atoms with van der Waals surface area (Å²) in [7, 11) is 1.66. The van der Waals surface area contributed by atoms with Crippen LogP contribution in [0.2, 0.25) is 0 Å². The van der Waals surface area contributed by atoms with Gasteiger partial charge in [0.25, 0.3) is 0 Å². The van der Waals surface area contributed by atoms with Gasteiger partial charge in [-0.05, 0) is 65.6 Å². The Morgan fingerprint density at radius 2 is 1.54 bits per heavy atom. The second kappa shape index (κ2) is 8.79. The Labute approximate surface area is 166 Å². The zero-order valence-corrected chi connectivity index (χ0v) is 16.9. The van der Waals surface area contributed by atoms with Crippen LogP contribution in [0.5, 0.6) is 11.5 Å². The molecule has 1 N–H and O–H groups in total. The van der Waals surface area contributed by atoms with Crippen LogP contribution in [-0.2, 0) is 4.79 Å². The number of ether oxygens (including phenoxy) is 2. The summed E-state index contributed by atoms with van der Waals surface area (Å²) in [5, 5.41) is 5.16. The van der Waals surface area contributed by atoms with Crippen LogP contribution >= 0.6 is 0 Å². The molecule has 0 spiro atoms. The van der Waals surface area contributed by atoms with Gasteiger partial charge in [-0.25, -0.2) is 0 Å². The minimum Gasteiger partial charge on any atom is -0.497 e. The molecule has 0 aliphatic heterocycles. The van der Waals surface area contributed by atoms with Crippen LogP contribution in [0.25, 0.3) is 10.8 Å². The third-order valence-electron chi connectivity index (χ3n) is 4.67. The first kappa shape index (κ1) is 19.7. The number of hydrogen-bond donors (Lipinski definition) is 1. The van der Waals surface area contributed by atoms with Gasteiger partial charge in [0.2, 0.25) is 5.91 Å². The van der Waals surface area contributed by atoms with Gasteiger partial charge in [0.1, 0.15) is 11.5 Å². The molecule has 1 amide bonds. The molecule has 4 nitrogen and oxygen atoms in total. The molecule has 0 fully saturated rings. The normalized spacial score (nSPS) is 12.0. The van der Waals surface area contributed by atoms with E-state index in [4.69, 9.17) is 9.47 Å². The topological polar surface area (TPSA) is 47.6 Å². The van der Waals surface area contributed by atoms with Crippen molar-refractivity contribution in [1.82, 2.24) is 0 Å². The highest BCUT2D eigenvalue weighted by Gasteiger charge is 2.16. The first-order valence-corrected chi connectivity index (χ1v) is 9.57. The summed E-state index contributed by atoms with van der Waals surface area (Å²) >= 11 is 0. The summed E-state index contributed by atoms with van der Waals surface area (Å²) in [6.45, 7) is 6.81. The van der Waals surface area contributed by atoms with Gasteiger partial charge in [-0.3, -0.25) is 4.79 Å². The number of nitrogens with one attached hydrogen (secondary N) is 1. The van der Waals surface area contributed by atoms with Gasteiger partial charge >= 0.3 is 0 Å². The third-order valence-corrected chi connectivity index (χ3v) is 4.67. The van der Waals surface area contributed by atoms with E-state index in [2.05, 4.69) is 25.2 Å². The van der Waals surface area contributed by atoms with Gasteiger partial charge in [0.15, 0.2) is 0 Å². The molecule has 0 aromatic heterocycles. The highest BCUT2D eigenvalue weighted by Crippen LogP contribution is 2.26. The summed E-state index contributed by atoms with van der Waals surface area (Å²) in [4.78, 5) is 12.7. The number of fused-ring (bicyclic) bond motifs is 1. The standard InChI is InChI=1S/C24H27NO3/c1-16(2)15-28-22-11-8-21(9-12-22)25-24(26)17(3)18-5-6-20-14-23(27-4)10-7-19(20)13-18/h5-14,16-17H,15H2,1-4H3,(H,25,26)/t17-/m0/s1. The smallest absolute Gasteiger partial charge is 0.231 e. The number of anilines is 1. The van der Waals surface area contributed by atoms with Gasteiger partial charge in [-0.1, -0.05) is 38.1 Å². The molecule has 0 saturated heterocycles. The lowest BCUT2D eigenvalue weighted by atomic mass is 9.97. The number of rotatable bonds is 7. The number of benzene rings is 3. The summed E-state index contributed by atoms with van der Waals surface area (Å²) < 4.78 is 10.9. The van der Waals surface area contributed by atoms with Crippen LogP contribution in [0.4, 0.5) is 5.69 Å². The van der Waals surface area contributed by atoms with Crippen molar-refractivity contribution in [2.45, 2.75) is 26.7 Å². The molecule has 28 heavy (non-hydrogen) atoms. The number of methoxy groups -OCH3 is 1. The van der Waals surface area contributed by atoms with E-state index in [0.717, 1.165) is 33.5 Å². The highest BCUT2D eigenvalue weighted by molar-refractivity contribution is 5.96. The quantitative estimate of drug-likeness (QED) is 0.581. The minimum atomic E-state index is -0.261. The van der Waals surface area contributed by atoms with Gasteiger partial charge in [0, 0.05) is 5.69 Å². The van der Waals surface area contributed by atoms with Crippen LogP contribution in [-0.4, -0.2) is 19.6 Å². The number of carbonyl (C=O) groups excluding carboxylic acids is 1. The lowest BCUT2D eigenvalue weighted by molar-refractivity contribution is -0.117. The van der Waals surface area contributed by atoms with E-state index in [1.165, 1.54) is 0 Å². The van der Waals surface area contributed by atoms with Crippen molar-refractivity contribution in [3.05, 3.63) is 66.2 Å². The molecule has 0 radical (unpaired) electrons. The second-order valence-corrected chi connectivity index (χ2v) is 7.41. The number of hydrogen-bond acceptors (Lipinski definition) is 3. The first-order chi connectivity index (χ1) is 13.5. The Bertz CT molecular complexity index is 948. The summed E-state index contributed by atoms with van der Waals surface area (Å²) in [5.74, 6) is 1.81. The van der Waals surface area contributed by atoms with Crippen LogP contribution < -0.4 is 14.8 Å². The second-order valence-electron chi connectivity index (χ2n) is 7.41. The molecular formula is C24H27NO3. The molecule has 146 valence electrons. The number of carbonyl (C=O) groups is 1. The van der Waals surface area contributed by atoms with E-state index in [1.807, 2.05) is 61.5 Å². The lowest BCUT2D eigenvalue weighted by Gasteiger charge is -2.14. The van der Waals surface area contributed by atoms with Crippen LogP contribution in [0, 0.1) is 5.92 Å². The van der Waals surface area contributed by atoms with Crippen LogP contribution in [0.15, 0.2) is 60.7 Å². The summed E-state index contributed by atoms with van der Waals surface area (Å²) in [6.07, 6.45) is 0. The molecule has 0 heterocycles. The highest BCUT2D eigenvalue weighted by atomic mass is 16.5. The van der Waals surface area contributed by atoms with E-state index < -0.39 is 0 Å². The summed E-state index contributed by atoms with van der Waals surface area (Å²) in [6, 6.07) is 19.5. The maximum Gasteiger partial charge on any atom is 0.231 e. The fourth-order valence-corrected chi connectivity index (χ4v) is 2.94. The first-order valence-electron chi connectivity index (χ1n) is 9.57. The van der Waals surface area contributed by atoms with Gasteiger partial charge < -0.3 is 14.8 Å². The molecule has 3 rings (SSSR count). The minimum absolute atomic E-state index is 0.0382. The van der Waals surface area contributed by atoms with Crippen LogP contribution in [0.3, 0.4) is 0 Å². The van der Waals surface area contributed by atoms with Crippen molar-refractivity contribution in [3.63, 3.8) is 0 Å². The van der Waals surface area contributed by atoms with Gasteiger partial charge in [-0.15, -0.1) is 0 Å². The monoisotopic (exact) mass is 377 g/mol. The van der Waals surface area contributed by atoms with Crippen molar-refractivity contribution in [2.24, 2.45) is 5.92 Å². The number of amides is 1. The largest absolute Gasteiger partial charge is 0.497 e. The van der Waals surface area contributed by atoms with Crippen molar-refractivity contribution in [3.8, 4) is 11.5 Å². The van der Waals surface area contributed by atoms with Crippen molar-refractivity contribution in [1.29, 1.82) is 0 Å². The molecule has 0 saturated carbocycles. The molecule has 0 aliphatic rings. The Kier molecular flexibility index (Phi) is 6.19. The molecule has 0 bridgehead atoms. The third kappa shape index (κ3) is 4.83. The van der Waals surface area contributed by atoms with Crippen molar-refractivity contribution < 1.29 is 14.3 Å². The Morgan fingerprint density at radius 1 is 0.893 bits per heavy atom. The van der Waals surface area contributed by atoms with Crippen molar-refractivity contribution >= 4 is 22.4 Å². The Hall–Kier alpha value is -3.01. The Morgan fingerprint density at radius 3 is 2.21 bits per heavy atom. The van der Waals surface area contributed by atoms with Gasteiger partial charge in [0.05, 0.1) is 19.6 Å². The Balaban J connectivity index is 1.67. The van der Waals surface area contributed by atoms with Crippen molar-refractivity contribution in [2.75, 3.05) is 19.0 Å². The van der Waals surface area contributed by atoms with Crippen LogP contribution in [0.1, 0.15) is 32.3 Å². The predicted octanol–water partition coefficient (Wildman–Crippen LogP) is 5.63. The van der Waals surface area contributed by atoms with E-state index in [-0.39, 0.29) is 11.8 Å². The fourth-order valence-electron chi connectivity index (χ4n) is 2.94. The molecule has 3 aromatic rings. The maximum absolute atomic E-state index is 12.7. The zero-order chi connectivity index (χ0) is 20.1. The molecule has 4 heteroatoms. The van der Waals surface area contributed by atoms with Gasteiger partial charge in [-0.2, -0.15) is 0 Å². The SMILES string of the molecule is COc1ccc2cc([C@H](C)C(=O)Nc3ccc(OCC(C)C)cc3)ccc2c1. The summed E-state index contributed by atoms with van der Waals surface area (Å²) in [5.41, 5.74) is 1.74. The maximum atomic E-state index is 12.7. The molecular weight excluding hydrogens is 350 g/mol. The van der Waals surface area contributed by atoms with E-state index >= 15 is 0 Å². The average Bonchev–Trinajstić information content (AvgIpc) is 2.71. The van der Waals surface area contributed by atoms with E-state index in [0.29, 0.717) is 12.5 Å². The molecule has 1 atom stereocenters. The zero-order valence-electron chi connectivity index (χ0n) is 16.9. The lowest BCUT2D eigenvalue weighted by Crippen LogP contribution is -2.18. The molecule has 0 aliphatic carbocycles. The molecule has 0 unspecified atom stereocenters. The predicted molar refractivity (Wildman–Crippen MR) is 114 cm³/mol. The van der Waals surface area contributed by atoms with E-state index in [1.54, 1.807) is 7.11 Å². The fraction of sp³-hybridized carbons (Fsp3) is 0.292. The van der Waals surface area contributed by atoms with E-state index in [9.17, 15) is 4.79 Å².